The van der Waals surface area contributed by atoms with Crippen molar-refractivity contribution in [2.75, 3.05) is 13.1 Å². The van der Waals surface area contributed by atoms with E-state index in [9.17, 15) is 9.59 Å². The summed E-state index contributed by atoms with van der Waals surface area (Å²) in [6, 6.07) is -0.0871. The monoisotopic (exact) mass is 242 g/mol. The number of nitrogens with zero attached hydrogens (tertiary/aromatic N) is 2. The molecule has 1 N–H and O–H groups in total. The molecule has 2 amide bonds. The summed E-state index contributed by atoms with van der Waals surface area (Å²) in [5.74, 6) is 0. The lowest BCUT2D eigenvalue weighted by molar-refractivity contribution is 0.0134. The number of fused-ring (bicyclic) bond motifs is 2. The highest BCUT2D eigenvalue weighted by Crippen LogP contribution is 2.31. The van der Waals surface area contributed by atoms with Crippen LogP contribution in [0.25, 0.3) is 0 Å². The first-order valence-corrected chi connectivity index (χ1v) is 5.77. The van der Waals surface area contributed by atoms with Crippen LogP contribution < -0.4 is 0 Å². The van der Waals surface area contributed by atoms with Crippen molar-refractivity contribution in [1.82, 2.24) is 9.80 Å². The van der Waals surface area contributed by atoms with Gasteiger partial charge in [-0.05, 0) is 27.2 Å². The minimum absolute atomic E-state index is 0.0223. The lowest BCUT2D eigenvalue weighted by Crippen LogP contribution is -2.51. The molecule has 2 aliphatic heterocycles. The predicted molar refractivity (Wildman–Crippen MR) is 59.9 cm³/mol. The van der Waals surface area contributed by atoms with Crippen LogP contribution in [0.3, 0.4) is 0 Å². The maximum absolute atomic E-state index is 11.9. The molecule has 0 aliphatic carbocycles. The van der Waals surface area contributed by atoms with E-state index in [0.717, 1.165) is 6.42 Å². The van der Waals surface area contributed by atoms with Crippen LogP contribution in [0.15, 0.2) is 0 Å². The van der Waals surface area contributed by atoms with Crippen molar-refractivity contribution in [2.24, 2.45) is 0 Å². The third-order valence-corrected chi connectivity index (χ3v) is 3.11. The summed E-state index contributed by atoms with van der Waals surface area (Å²) < 4.78 is 5.29. The zero-order valence-corrected chi connectivity index (χ0v) is 10.3. The number of carbonyl (C=O) groups excluding carboxylic acids is 1. The Morgan fingerprint density at radius 3 is 2.12 bits per heavy atom. The van der Waals surface area contributed by atoms with Crippen LogP contribution >= 0.6 is 0 Å². The Morgan fingerprint density at radius 2 is 1.71 bits per heavy atom. The number of piperazine rings is 1. The van der Waals surface area contributed by atoms with E-state index >= 15 is 0 Å². The lowest BCUT2D eigenvalue weighted by Gasteiger charge is -2.33. The normalized spacial score (nSPS) is 27.5. The highest BCUT2D eigenvalue weighted by molar-refractivity contribution is 5.71. The molecule has 0 aromatic carbocycles. The SMILES string of the molecule is CC(C)(C)OC(=O)N1CC2CC1CN2C(=O)O. The van der Waals surface area contributed by atoms with Gasteiger partial charge in [0.2, 0.25) is 0 Å². The van der Waals surface area contributed by atoms with Gasteiger partial charge in [-0.2, -0.15) is 0 Å². The molecule has 6 nitrogen and oxygen atoms in total. The quantitative estimate of drug-likeness (QED) is 0.696. The van der Waals surface area contributed by atoms with Crippen LogP contribution in [-0.4, -0.2) is 57.9 Å². The number of carbonyl (C=O) groups is 2. The Bertz CT molecular complexity index is 350. The van der Waals surface area contributed by atoms with Gasteiger partial charge >= 0.3 is 12.2 Å². The van der Waals surface area contributed by atoms with Crippen molar-refractivity contribution in [3.63, 3.8) is 0 Å². The molecule has 0 aromatic rings. The van der Waals surface area contributed by atoms with E-state index in [2.05, 4.69) is 0 Å². The Morgan fingerprint density at radius 1 is 1.18 bits per heavy atom. The van der Waals surface area contributed by atoms with E-state index < -0.39 is 11.7 Å². The number of carboxylic acid groups (broad SMARTS) is 1. The molecule has 2 bridgehead atoms. The lowest BCUT2D eigenvalue weighted by atomic mass is 10.2. The van der Waals surface area contributed by atoms with Gasteiger partial charge < -0.3 is 19.6 Å². The third-order valence-electron chi connectivity index (χ3n) is 3.11. The highest BCUT2D eigenvalue weighted by Gasteiger charge is 2.48. The third kappa shape index (κ3) is 2.30. The molecular formula is C11H18N2O4. The fourth-order valence-corrected chi connectivity index (χ4v) is 2.45. The van der Waals surface area contributed by atoms with Gasteiger partial charge in [0.05, 0.1) is 12.1 Å². The number of rotatable bonds is 0. The first-order valence-electron chi connectivity index (χ1n) is 5.77. The Labute approximate surface area is 100 Å². The average Bonchev–Trinajstić information content (AvgIpc) is 2.72. The van der Waals surface area contributed by atoms with Crippen molar-refractivity contribution >= 4 is 12.2 Å². The van der Waals surface area contributed by atoms with Gasteiger partial charge in [0.25, 0.3) is 0 Å². The number of amides is 2. The summed E-state index contributed by atoms with van der Waals surface area (Å²) in [5, 5.41) is 8.94. The summed E-state index contributed by atoms with van der Waals surface area (Å²) in [6.07, 6.45) is -0.512. The largest absolute Gasteiger partial charge is 0.465 e. The first kappa shape index (κ1) is 12.0. The number of ether oxygens (including phenoxy) is 1. The summed E-state index contributed by atoms with van der Waals surface area (Å²) in [6.45, 7) is 6.32. The van der Waals surface area contributed by atoms with Crippen molar-refractivity contribution in [3.8, 4) is 0 Å². The van der Waals surface area contributed by atoms with Crippen LogP contribution in [0.4, 0.5) is 9.59 Å². The smallest absolute Gasteiger partial charge is 0.410 e. The van der Waals surface area contributed by atoms with Crippen LogP contribution in [0.5, 0.6) is 0 Å². The molecule has 2 aliphatic rings. The first-order chi connectivity index (χ1) is 7.78. The second kappa shape index (κ2) is 3.78. The molecule has 17 heavy (non-hydrogen) atoms. The molecule has 0 aromatic heterocycles. The topological polar surface area (TPSA) is 70.1 Å². The van der Waals surface area contributed by atoms with E-state index in [1.165, 1.54) is 4.90 Å². The standard InChI is InChI=1S/C11H18N2O4/c1-11(2,3)17-10(16)13-6-7-4-8(13)5-12(7)9(14)15/h7-8H,4-6H2,1-3H3,(H,14,15). The zero-order valence-electron chi connectivity index (χ0n) is 10.3. The van der Waals surface area contributed by atoms with E-state index in [4.69, 9.17) is 9.84 Å². The zero-order chi connectivity index (χ0) is 12.8. The minimum Gasteiger partial charge on any atom is -0.465 e. The van der Waals surface area contributed by atoms with E-state index in [-0.39, 0.29) is 18.2 Å². The maximum atomic E-state index is 11.9. The average molecular weight is 242 g/mol. The number of hydrogen-bond acceptors (Lipinski definition) is 3. The van der Waals surface area contributed by atoms with Crippen LogP contribution in [0.1, 0.15) is 27.2 Å². The van der Waals surface area contributed by atoms with Gasteiger partial charge in [0.1, 0.15) is 5.60 Å². The van der Waals surface area contributed by atoms with Crippen LogP contribution in [0, 0.1) is 0 Å². The Balaban J connectivity index is 1.96. The molecule has 2 saturated heterocycles. The minimum atomic E-state index is -0.902. The Hall–Kier alpha value is -1.46. The molecule has 0 radical (unpaired) electrons. The number of hydrogen-bond donors (Lipinski definition) is 1. The van der Waals surface area contributed by atoms with Gasteiger partial charge in [0, 0.05) is 13.1 Å². The molecule has 2 heterocycles. The van der Waals surface area contributed by atoms with Gasteiger partial charge in [-0.1, -0.05) is 0 Å². The van der Waals surface area contributed by atoms with Crippen molar-refractivity contribution < 1.29 is 19.4 Å². The number of likely N-dealkylation sites (tertiary alicyclic amines) is 2. The van der Waals surface area contributed by atoms with E-state index in [1.807, 2.05) is 20.8 Å². The second-order valence-corrected chi connectivity index (χ2v) is 5.61. The van der Waals surface area contributed by atoms with Gasteiger partial charge in [-0.25, -0.2) is 9.59 Å². The molecule has 6 heteroatoms. The molecule has 2 atom stereocenters. The van der Waals surface area contributed by atoms with Gasteiger partial charge in [-0.15, -0.1) is 0 Å². The summed E-state index contributed by atoms with van der Waals surface area (Å²) in [5.41, 5.74) is -0.509. The summed E-state index contributed by atoms with van der Waals surface area (Å²) in [7, 11) is 0. The molecule has 0 spiro atoms. The fraction of sp³-hybridized carbons (Fsp3) is 0.818. The van der Waals surface area contributed by atoms with E-state index in [1.54, 1.807) is 4.90 Å². The van der Waals surface area contributed by atoms with E-state index in [0.29, 0.717) is 13.1 Å². The Kier molecular flexibility index (Phi) is 2.67. The predicted octanol–water partition coefficient (Wildman–Crippen LogP) is 1.36. The fourth-order valence-electron chi connectivity index (χ4n) is 2.45. The van der Waals surface area contributed by atoms with Crippen LogP contribution in [-0.2, 0) is 4.74 Å². The molecule has 0 saturated carbocycles. The molecule has 2 unspecified atom stereocenters. The summed E-state index contributed by atoms with van der Waals surface area (Å²) in [4.78, 5) is 25.8. The van der Waals surface area contributed by atoms with Gasteiger partial charge in [-0.3, -0.25) is 0 Å². The highest BCUT2D eigenvalue weighted by atomic mass is 16.6. The van der Waals surface area contributed by atoms with Crippen molar-refractivity contribution in [3.05, 3.63) is 0 Å². The maximum Gasteiger partial charge on any atom is 0.410 e. The molecule has 96 valence electrons. The molecule has 2 fully saturated rings. The molecule has 2 rings (SSSR count). The van der Waals surface area contributed by atoms with Crippen LogP contribution in [0.2, 0.25) is 0 Å². The summed E-state index contributed by atoms with van der Waals surface area (Å²) >= 11 is 0. The second-order valence-electron chi connectivity index (χ2n) is 5.61. The molecular weight excluding hydrogens is 224 g/mol. The van der Waals surface area contributed by atoms with Crippen molar-refractivity contribution in [1.29, 1.82) is 0 Å². The van der Waals surface area contributed by atoms with Crippen molar-refractivity contribution in [2.45, 2.75) is 44.9 Å². The van der Waals surface area contributed by atoms with Gasteiger partial charge in [0.15, 0.2) is 0 Å².